The lowest BCUT2D eigenvalue weighted by atomic mass is 9.95. The van der Waals surface area contributed by atoms with E-state index in [1.165, 1.54) is 11.8 Å². The lowest BCUT2D eigenvalue weighted by molar-refractivity contribution is 0.132. The first kappa shape index (κ1) is 22.2. The zero-order valence-corrected chi connectivity index (χ0v) is 20.0. The lowest BCUT2D eigenvalue weighted by Crippen LogP contribution is -2.48. The Labute approximate surface area is 203 Å². The molecule has 5 heterocycles. The normalized spacial score (nSPS) is 26.3. The Morgan fingerprint density at radius 3 is 2.74 bits per heavy atom. The van der Waals surface area contributed by atoms with Crippen molar-refractivity contribution in [3.05, 3.63) is 52.0 Å². The smallest absolute Gasteiger partial charge is 0.176 e. The first-order chi connectivity index (χ1) is 16.6. The fourth-order valence-electron chi connectivity index (χ4n) is 5.50. The van der Waals surface area contributed by atoms with Crippen LogP contribution >= 0.6 is 11.6 Å². The first-order valence-corrected chi connectivity index (χ1v) is 12.4. The molecule has 4 aliphatic heterocycles. The Kier molecular flexibility index (Phi) is 5.89. The first-order valence-electron chi connectivity index (χ1n) is 12.0. The molecule has 2 atom stereocenters. The average molecular weight is 486 g/mol. The fourth-order valence-corrected chi connectivity index (χ4v) is 5.70. The molecule has 0 bridgehead atoms. The number of aromatic nitrogens is 3. The SMILES string of the molecule is CC1=C(F)C=NC(N2CCC(c3nnc4n3-c3ccc(Cl)cc3CN([C@@H]3CCOC3)C4)CC2)N1. The number of aliphatic imine (C=N–C) groups is 1. The lowest BCUT2D eigenvalue weighted by Gasteiger charge is -2.37. The van der Waals surface area contributed by atoms with Crippen LogP contribution in [0, 0.1) is 0 Å². The summed E-state index contributed by atoms with van der Waals surface area (Å²) in [6.45, 7) is 6.58. The number of likely N-dealkylation sites (tertiary alicyclic amines) is 1. The molecule has 2 fully saturated rings. The van der Waals surface area contributed by atoms with E-state index in [2.05, 4.69) is 41.9 Å². The molecule has 6 rings (SSSR count). The van der Waals surface area contributed by atoms with Crippen LogP contribution in [0.4, 0.5) is 4.39 Å². The van der Waals surface area contributed by atoms with E-state index in [0.717, 1.165) is 81.0 Å². The van der Waals surface area contributed by atoms with Crippen molar-refractivity contribution < 1.29 is 9.13 Å². The Morgan fingerprint density at radius 1 is 1.12 bits per heavy atom. The minimum Gasteiger partial charge on any atom is -0.380 e. The van der Waals surface area contributed by atoms with Crippen molar-refractivity contribution in [1.29, 1.82) is 0 Å². The molecular weight excluding hydrogens is 457 g/mol. The number of fused-ring (bicyclic) bond motifs is 3. The molecule has 1 aromatic carbocycles. The van der Waals surface area contributed by atoms with Crippen LogP contribution < -0.4 is 5.32 Å². The van der Waals surface area contributed by atoms with Crippen molar-refractivity contribution in [1.82, 2.24) is 29.9 Å². The Hall–Kier alpha value is -2.33. The Bertz CT molecular complexity index is 1130. The van der Waals surface area contributed by atoms with Gasteiger partial charge in [-0.1, -0.05) is 11.6 Å². The fraction of sp³-hybridized carbons (Fsp3) is 0.542. The minimum atomic E-state index is -0.297. The molecule has 0 saturated carbocycles. The van der Waals surface area contributed by atoms with E-state index in [4.69, 9.17) is 21.4 Å². The van der Waals surface area contributed by atoms with E-state index in [1.807, 2.05) is 6.07 Å². The van der Waals surface area contributed by atoms with Gasteiger partial charge in [0, 0.05) is 48.9 Å². The van der Waals surface area contributed by atoms with Crippen molar-refractivity contribution in [3.8, 4) is 5.69 Å². The van der Waals surface area contributed by atoms with Gasteiger partial charge in [0.25, 0.3) is 0 Å². The second kappa shape index (κ2) is 9.03. The molecule has 10 heteroatoms. The summed E-state index contributed by atoms with van der Waals surface area (Å²) < 4.78 is 21.6. The van der Waals surface area contributed by atoms with Gasteiger partial charge in [0.15, 0.2) is 17.9 Å². The standard InChI is InChI=1S/C24H29ClFN7O/c1-15-20(26)11-27-24(28-15)31-7-4-16(5-8-31)23-30-29-22-13-32(19-6-9-34-14-19)12-17-10-18(25)2-3-21(17)33(22)23/h2-3,10-11,16,19,24,28H,4-9,12-14H2,1H3/t19-,24?/m1/s1. The van der Waals surface area contributed by atoms with E-state index in [1.54, 1.807) is 6.92 Å². The molecule has 1 unspecified atom stereocenters. The molecule has 0 spiro atoms. The molecule has 0 amide bonds. The van der Waals surface area contributed by atoms with Gasteiger partial charge in [-0.2, -0.15) is 0 Å². The summed E-state index contributed by atoms with van der Waals surface area (Å²) in [5, 5.41) is 13.3. The van der Waals surface area contributed by atoms with Gasteiger partial charge in [0.1, 0.15) is 5.82 Å². The maximum Gasteiger partial charge on any atom is 0.176 e. The summed E-state index contributed by atoms with van der Waals surface area (Å²) in [7, 11) is 0. The predicted molar refractivity (Wildman–Crippen MR) is 128 cm³/mol. The van der Waals surface area contributed by atoms with Crippen molar-refractivity contribution in [3.63, 3.8) is 0 Å². The van der Waals surface area contributed by atoms with Crippen molar-refractivity contribution >= 4 is 17.8 Å². The van der Waals surface area contributed by atoms with Gasteiger partial charge in [0.2, 0.25) is 0 Å². The van der Waals surface area contributed by atoms with Crippen LogP contribution in [0.1, 0.15) is 49.3 Å². The third-order valence-corrected chi connectivity index (χ3v) is 7.69. The summed E-state index contributed by atoms with van der Waals surface area (Å²) in [6.07, 6.45) is 4.04. The van der Waals surface area contributed by atoms with Crippen LogP contribution in [-0.4, -0.2) is 69.4 Å². The van der Waals surface area contributed by atoms with Gasteiger partial charge in [0.05, 0.1) is 25.1 Å². The van der Waals surface area contributed by atoms with E-state index in [9.17, 15) is 4.39 Å². The largest absolute Gasteiger partial charge is 0.380 e. The van der Waals surface area contributed by atoms with Crippen molar-refractivity contribution in [2.45, 2.75) is 57.5 Å². The number of benzene rings is 1. The van der Waals surface area contributed by atoms with Gasteiger partial charge >= 0.3 is 0 Å². The number of piperidine rings is 1. The van der Waals surface area contributed by atoms with Crippen LogP contribution in [0.2, 0.25) is 5.02 Å². The second-order valence-electron chi connectivity index (χ2n) is 9.58. The molecule has 0 radical (unpaired) electrons. The Balaban J connectivity index is 1.26. The van der Waals surface area contributed by atoms with E-state index in [0.29, 0.717) is 17.7 Å². The summed E-state index contributed by atoms with van der Waals surface area (Å²) in [4.78, 5) is 9.04. The minimum absolute atomic E-state index is 0.207. The molecule has 180 valence electrons. The molecule has 34 heavy (non-hydrogen) atoms. The number of hydrogen-bond acceptors (Lipinski definition) is 7. The van der Waals surface area contributed by atoms with E-state index >= 15 is 0 Å². The van der Waals surface area contributed by atoms with E-state index < -0.39 is 0 Å². The van der Waals surface area contributed by atoms with Gasteiger partial charge in [-0.15, -0.1) is 10.2 Å². The van der Waals surface area contributed by atoms with Crippen LogP contribution in [0.3, 0.4) is 0 Å². The molecule has 8 nitrogen and oxygen atoms in total. The highest BCUT2D eigenvalue weighted by Crippen LogP contribution is 2.35. The third kappa shape index (κ3) is 4.04. The predicted octanol–water partition coefficient (Wildman–Crippen LogP) is 3.36. The molecule has 1 aromatic heterocycles. The summed E-state index contributed by atoms with van der Waals surface area (Å²) in [5.74, 6) is 1.99. The van der Waals surface area contributed by atoms with Crippen LogP contribution in [0.25, 0.3) is 5.69 Å². The molecule has 0 aliphatic carbocycles. The maximum absolute atomic E-state index is 13.6. The highest BCUT2D eigenvalue weighted by molar-refractivity contribution is 6.30. The quantitative estimate of drug-likeness (QED) is 0.719. The zero-order chi connectivity index (χ0) is 23.2. The van der Waals surface area contributed by atoms with E-state index in [-0.39, 0.29) is 12.1 Å². The number of nitrogens with zero attached hydrogens (tertiary/aromatic N) is 6. The summed E-state index contributed by atoms with van der Waals surface area (Å²) in [5.41, 5.74) is 2.86. The van der Waals surface area contributed by atoms with Gasteiger partial charge < -0.3 is 10.1 Å². The number of ether oxygens (including phenoxy) is 1. The topological polar surface area (TPSA) is 70.8 Å². The molecule has 2 aromatic rings. The second-order valence-corrected chi connectivity index (χ2v) is 10.0. The number of hydrogen-bond donors (Lipinski definition) is 1. The molecule has 1 N–H and O–H groups in total. The average Bonchev–Trinajstić information content (AvgIpc) is 3.49. The van der Waals surface area contributed by atoms with Gasteiger partial charge in [-0.25, -0.2) is 4.39 Å². The Morgan fingerprint density at radius 2 is 1.97 bits per heavy atom. The number of allylic oxidation sites excluding steroid dienone is 2. The van der Waals surface area contributed by atoms with Crippen LogP contribution in [0.5, 0.6) is 0 Å². The molecule has 2 saturated heterocycles. The highest BCUT2D eigenvalue weighted by atomic mass is 35.5. The zero-order valence-electron chi connectivity index (χ0n) is 19.3. The number of rotatable bonds is 3. The third-order valence-electron chi connectivity index (χ3n) is 7.45. The monoisotopic (exact) mass is 485 g/mol. The van der Waals surface area contributed by atoms with Crippen molar-refractivity contribution in [2.24, 2.45) is 4.99 Å². The summed E-state index contributed by atoms with van der Waals surface area (Å²) in [6, 6.07) is 6.50. The number of nitrogens with one attached hydrogen (secondary N) is 1. The van der Waals surface area contributed by atoms with Gasteiger partial charge in [-0.05, 0) is 49.9 Å². The number of halogens is 2. The van der Waals surface area contributed by atoms with Gasteiger partial charge in [-0.3, -0.25) is 19.4 Å². The molecule has 4 aliphatic rings. The van der Waals surface area contributed by atoms with Crippen LogP contribution in [-0.2, 0) is 17.8 Å². The van der Waals surface area contributed by atoms with Crippen LogP contribution in [0.15, 0.2) is 34.7 Å². The van der Waals surface area contributed by atoms with Crippen molar-refractivity contribution in [2.75, 3.05) is 26.3 Å². The molecular formula is C24H29ClFN7O. The highest BCUT2D eigenvalue weighted by Gasteiger charge is 2.34. The summed E-state index contributed by atoms with van der Waals surface area (Å²) >= 11 is 6.40. The maximum atomic E-state index is 13.6.